The van der Waals surface area contributed by atoms with E-state index in [4.69, 9.17) is 4.74 Å². The summed E-state index contributed by atoms with van der Waals surface area (Å²) < 4.78 is 5.62. The van der Waals surface area contributed by atoms with Crippen molar-refractivity contribution in [3.63, 3.8) is 0 Å². The molecule has 5 rings (SSSR count). The van der Waals surface area contributed by atoms with Gasteiger partial charge in [-0.15, -0.1) is 0 Å². The first-order chi connectivity index (χ1) is 15.3. The van der Waals surface area contributed by atoms with Crippen molar-refractivity contribution in [1.82, 2.24) is 0 Å². The van der Waals surface area contributed by atoms with Crippen LogP contribution in [0.15, 0.2) is 36.4 Å². The minimum atomic E-state index is -0.705. The van der Waals surface area contributed by atoms with Crippen LogP contribution in [0.25, 0.3) is 6.08 Å². The van der Waals surface area contributed by atoms with E-state index in [1.165, 1.54) is 31.2 Å². The molecule has 4 fully saturated rings. The van der Waals surface area contributed by atoms with Gasteiger partial charge in [0.2, 0.25) is 0 Å². The number of fused-ring (bicyclic) bond motifs is 5. The summed E-state index contributed by atoms with van der Waals surface area (Å²) in [4.78, 5) is 11.5. The molecule has 174 valence electrons. The Morgan fingerprint density at radius 3 is 2.50 bits per heavy atom. The summed E-state index contributed by atoms with van der Waals surface area (Å²) in [5.41, 5.74) is 0.793. The minimum Gasteiger partial charge on any atom is -0.463 e. The lowest BCUT2D eigenvalue weighted by atomic mass is 9.44. The number of hydrogen-bond donors (Lipinski definition) is 1. The summed E-state index contributed by atoms with van der Waals surface area (Å²) >= 11 is 0. The molecule has 0 saturated heterocycles. The van der Waals surface area contributed by atoms with E-state index in [9.17, 15) is 9.90 Å². The van der Waals surface area contributed by atoms with Crippen LogP contribution in [0, 0.1) is 34.5 Å². The topological polar surface area (TPSA) is 46.5 Å². The number of carbonyl (C=O) groups excluding carboxylic acids is 1. The minimum absolute atomic E-state index is 0.0302. The van der Waals surface area contributed by atoms with Gasteiger partial charge in [0.05, 0.1) is 5.60 Å². The predicted molar refractivity (Wildman–Crippen MR) is 128 cm³/mol. The summed E-state index contributed by atoms with van der Waals surface area (Å²) in [6.07, 6.45) is 14.5. The fourth-order valence-electron chi connectivity index (χ4n) is 8.68. The van der Waals surface area contributed by atoms with Crippen LogP contribution < -0.4 is 0 Å². The Morgan fingerprint density at radius 2 is 1.75 bits per heavy atom. The molecule has 1 N–H and O–H groups in total. The van der Waals surface area contributed by atoms with E-state index >= 15 is 0 Å². The molecule has 1 aromatic carbocycles. The summed E-state index contributed by atoms with van der Waals surface area (Å²) in [5, 5.41) is 11.9. The van der Waals surface area contributed by atoms with Gasteiger partial charge in [-0.3, -0.25) is 4.79 Å². The van der Waals surface area contributed by atoms with E-state index in [1.54, 1.807) is 6.92 Å². The van der Waals surface area contributed by atoms with Gasteiger partial charge in [-0.05, 0) is 92.4 Å². The molecule has 4 saturated carbocycles. The normalized spacial score (nSPS) is 45.7. The zero-order valence-corrected chi connectivity index (χ0v) is 20.1. The van der Waals surface area contributed by atoms with Crippen LogP contribution >= 0.6 is 0 Å². The zero-order valence-electron chi connectivity index (χ0n) is 20.1. The molecule has 0 spiro atoms. The van der Waals surface area contributed by atoms with Gasteiger partial charge >= 0.3 is 5.97 Å². The fraction of sp³-hybridized carbons (Fsp3) is 0.690. The Kier molecular flexibility index (Phi) is 5.55. The second-order valence-corrected chi connectivity index (χ2v) is 11.8. The van der Waals surface area contributed by atoms with Gasteiger partial charge in [-0.2, -0.15) is 0 Å². The zero-order chi connectivity index (χ0) is 22.6. The maximum absolute atomic E-state index is 11.9. The second kappa shape index (κ2) is 8.01. The third-order valence-corrected chi connectivity index (χ3v) is 10.5. The van der Waals surface area contributed by atoms with E-state index in [0.717, 1.165) is 43.9 Å². The number of aliphatic hydroxyl groups is 1. The number of carbonyl (C=O) groups is 1. The lowest BCUT2D eigenvalue weighted by molar-refractivity contribution is -0.164. The molecular formula is C29H40O3. The number of rotatable bonds is 3. The van der Waals surface area contributed by atoms with Crippen LogP contribution in [-0.4, -0.2) is 22.8 Å². The second-order valence-electron chi connectivity index (χ2n) is 11.8. The van der Waals surface area contributed by atoms with Crippen LogP contribution in [0.2, 0.25) is 0 Å². The summed E-state index contributed by atoms with van der Waals surface area (Å²) in [7, 11) is 0. The molecule has 0 radical (unpaired) electrons. The highest BCUT2D eigenvalue weighted by atomic mass is 16.5. The first-order valence-electron chi connectivity index (χ1n) is 12.9. The smallest absolute Gasteiger partial charge is 0.302 e. The van der Waals surface area contributed by atoms with Crippen LogP contribution in [0.1, 0.15) is 84.1 Å². The van der Waals surface area contributed by atoms with E-state index < -0.39 is 5.60 Å². The van der Waals surface area contributed by atoms with E-state index in [-0.39, 0.29) is 17.5 Å². The van der Waals surface area contributed by atoms with Gasteiger partial charge in [0.15, 0.2) is 0 Å². The van der Waals surface area contributed by atoms with Crippen LogP contribution in [0.5, 0.6) is 0 Å². The molecule has 0 heterocycles. The number of benzene rings is 1. The maximum atomic E-state index is 11.9. The van der Waals surface area contributed by atoms with E-state index in [1.807, 2.05) is 6.07 Å². The molecule has 0 aliphatic heterocycles. The van der Waals surface area contributed by atoms with Gasteiger partial charge < -0.3 is 9.84 Å². The Labute approximate surface area is 193 Å². The quantitative estimate of drug-likeness (QED) is 0.557. The Balaban J connectivity index is 1.35. The van der Waals surface area contributed by atoms with Crippen molar-refractivity contribution in [1.29, 1.82) is 0 Å². The maximum Gasteiger partial charge on any atom is 0.302 e. The van der Waals surface area contributed by atoms with Crippen molar-refractivity contribution >= 4 is 12.0 Å². The molecule has 1 aromatic rings. The number of hydrogen-bond acceptors (Lipinski definition) is 3. The van der Waals surface area contributed by atoms with E-state index in [2.05, 4.69) is 50.3 Å². The largest absolute Gasteiger partial charge is 0.463 e. The third kappa shape index (κ3) is 3.47. The number of ether oxygens (including phenoxy) is 1. The summed E-state index contributed by atoms with van der Waals surface area (Å²) in [5.74, 6) is 2.62. The van der Waals surface area contributed by atoms with Gasteiger partial charge in [-0.1, -0.05) is 56.3 Å². The standard InChI is InChI=1S/C29H40O3/c1-20(30)32-23-12-15-27(2)22(19-23)9-10-24-25(27)13-16-28(3)26(24)14-18-29(28,31)17-11-21-7-5-4-6-8-21/h4-8,11,17,22-26,31H,9-10,12-16,18-19H2,1-3H3/b17-11+/t22?,23-,24?,25?,26?,27?,28?,29+/m1/s1. The van der Waals surface area contributed by atoms with Crippen LogP contribution in [0.3, 0.4) is 0 Å². The first kappa shape index (κ1) is 22.2. The van der Waals surface area contributed by atoms with Crippen molar-refractivity contribution in [2.24, 2.45) is 34.5 Å². The SMILES string of the molecule is CC(=O)O[C@@H]1CCC2(C)C(CCC3C2CCC2(C)C3CC[C@@]2(O)/C=C/c2ccccc2)C1. The van der Waals surface area contributed by atoms with Crippen molar-refractivity contribution in [2.75, 3.05) is 0 Å². The van der Waals surface area contributed by atoms with Crippen molar-refractivity contribution < 1.29 is 14.6 Å². The molecule has 6 unspecified atom stereocenters. The Hall–Kier alpha value is -1.61. The van der Waals surface area contributed by atoms with Crippen molar-refractivity contribution in [3.05, 3.63) is 42.0 Å². The highest BCUT2D eigenvalue weighted by molar-refractivity contribution is 5.66. The Morgan fingerprint density at radius 1 is 1.00 bits per heavy atom. The molecule has 0 amide bonds. The molecule has 3 heteroatoms. The van der Waals surface area contributed by atoms with Gasteiger partial charge in [0.25, 0.3) is 0 Å². The molecule has 4 aliphatic rings. The van der Waals surface area contributed by atoms with Crippen molar-refractivity contribution in [3.8, 4) is 0 Å². The predicted octanol–water partition coefficient (Wildman–Crippen LogP) is 6.41. The molecule has 32 heavy (non-hydrogen) atoms. The first-order valence-corrected chi connectivity index (χ1v) is 12.9. The molecule has 3 nitrogen and oxygen atoms in total. The number of esters is 1. The molecular weight excluding hydrogens is 396 g/mol. The molecule has 4 aliphatic carbocycles. The monoisotopic (exact) mass is 436 g/mol. The van der Waals surface area contributed by atoms with E-state index in [0.29, 0.717) is 17.3 Å². The van der Waals surface area contributed by atoms with Crippen LogP contribution in [0.4, 0.5) is 0 Å². The highest BCUT2D eigenvalue weighted by Crippen LogP contribution is 2.68. The lowest BCUT2D eigenvalue weighted by Crippen LogP contribution is -2.56. The van der Waals surface area contributed by atoms with Crippen molar-refractivity contribution in [2.45, 2.75) is 90.3 Å². The van der Waals surface area contributed by atoms with Gasteiger partial charge in [-0.25, -0.2) is 0 Å². The Bertz CT molecular complexity index is 878. The summed E-state index contributed by atoms with van der Waals surface area (Å²) in [6, 6.07) is 10.4. The van der Waals surface area contributed by atoms with Gasteiger partial charge in [0, 0.05) is 12.3 Å². The van der Waals surface area contributed by atoms with Crippen LogP contribution in [-0.2, 0) is 9.53 Å². The lowest BCUT2D eigenvalue weighted by Gasteiger charge is -2.61. The highest BCUT2D eigenvalue weighted by Gasteiger charge is 2.64. The molecule has 0 bridgehead atoms. The summed E-state index contributed by atoms with van der Waals surface area (Å²) in [6.45, 7) is 6.46. The molecule has 0 aromatic heterocycles. The average molecular weight is 437 g/mol. The molecule has 8 atom stereocenters. The average Bonchev–Trinajstić information content (AvgIpc) is 3.04. The fourth-order valence-corrected chi connectivity index (χ4v) is 8.68. The third-order valence-electron chi connectivity index (χ3n) is 10.5. The van der Waals surface area contributed by atoms with Gasteiger partial charge in [0.1, 0.15) is 6.10 Å².